The Morgan fingerprint density at radius 3 is 2.33 bits per heavy atom. The lowest BCUT2D eigenvalue weighted by Crippen LogP contribution is -2.52. The molecule has 1 saturated heterocycles. The van der Waals surface area contributed by atoms with Crippen LogP contribution in [0.1, 0.15) is 50.5 Å². The first-order chi connectivity index (χ1) is 11.5. The summed E-state index contributed by atoms with van der Waals surface area (Å²) in [6.45, 7) is 1.31. The number of aliphatic hydroxyl groups is 1. The van der Waals surface area contributed by atoms with Crippen molar-refractivity contribution < 1.29 is 19.0 Å². The predicted molar refractivity (Wildman–Crippen MR) is 89.2 cm³/mol. The summed E-state index contributed by atoms with van der Waals surface area (Å²) >= 11 is 0. The largest absolute Gasteiger partial charge is 0.388 e. The van der Waals surface area contributed by atoms with Crippen molar-refractivity contribution in [2.24, 2.45) is 0 Å². The Morgan fingerprint density at radius 1 is 1.08 bits per heavy atom. The number of ether oxygens (including phenoxy) is 1. The van der Waals surface area contributed by atoms with E-state index in [2.05, 4.69) is 5.32 Å². The van der Waals surface area contributed by atoms with Crippen molar-refractivity contribution >= 4 is 5.91 Å². The minimum atomic E-state index is -0.789. The molecule has 1 aliphatic heterocycles. The molecule has 4 nitrogen and oxygen atoms in total. The minimum Gasteiger partial charge on any atom is -0.388 e. The molecule has 2 N–H and O–H groups in total. The monoisotopic (exact) mass is 335 g/mol. The van der Waals surface area contributed by atoms with E-state index in [1.54, 1.807) is 12.1 Å². The maximum Gasteiger partial charge on any atom is 0.230 e. The van der Waals surface area contributed by atoms with Crippen LogP contribution < -0.4 is 5.32 Å². The fourth-order valence-corrected chi connectivity index (χ4v) is 3.94. The molecule has 3 rings (SSSR count). The van der Waals surface area contributed by atoms with Crippen LogP contribution in [0.25, 0.3) is 0 Å². The van der Waals surface area contributed by atoms with E-state index >= 15 is 0 Å². The summed E-state index contributed by atoms with van der Waals surface area (Å²) in [4.78, 5) is 13.0. The molecule has 2 fully saturated rings. The molecule has 132 valence electrons. The number of amides is 1. The Morgan fingerprint density at radius 2 is 1.71 bits per heavy atom. The third-order valence-electron chi connectivity index (χ3n) is 5.54. The minimum absolute atomic E-state index is 0.0867. The molecule has 0 radical (unpaired) electrons. The average Bonchev–Trinajstić information content (AvgIpc) is 2.61. The SMILES string of the molecule is O=C(NCC1(O)CCCCC1)C1(c2ccc(F)cc2)CCOCC1. The fraction of sp³-hybridized carbons (Fsp3) is 0.632. The quantitative estimate of drug-likeness (QED) is 0.889. The molecule has 24 heavy (non-hydrogen) atoms. The lowest BCUT2D eigenvalue weighted by molar-refractivity contribution is -0.132. The number of nitrogens with one attached hydrogen (secondary N) is 1. The second kappa shape index (κ2) is 7.19. The first kappa shape index (κ1) is 17.4. The molecular weight excluding hydrogens is 309 g/mol. The summed E-state index contributed by atoms with van der Waals surface area (Å²) in [7, 11) is 0. The molecule has 1 saturated carbocycles. The Kier molecular flexibility index (Phi) is 5.21. The Bertz CT molecular complexity index is 560. The van der Waals surface area contributed by atoms with Crippen LogP contribution in [-0.4, -0.2) is 36.4 Å². The maximum absolute atomic E-state index is 13.3. The van der Waals surface area contributed by atoms with Crippen molar-refractivity contribution in [3.05, 3.63) is 35.6 Å². The van der Waals surface area contributed by atoms with E-state index in [-0.39, 0.29) is 18.3 Å². The van der Waals surface area contributed by atoms with Gasteiger partial charge in [0.25, 0.3) is 0 Å². The lowest BCUT2D eigenvalue weighted by Gasteiger charge is -2.38. The van der Waals surface area contributed by atoms with Gasteiger partial charge in [-0.05, 0) is 43.4 Å². The van der Waals surface area contributed by atoms with Gasteiger partial charge in [-0.1, -0.05) is 31.4 Å². The highest BCUT2D eigenvalue weighted by molar-refractivity contribution is 5.88. The van der Waals surface area contributed by atoms with Gasteiger partial charge in [0.05, 0.1) is 11.0 Å². The molecule has 1 aliphatic carbocycles. The molecule has 5 heteroatoms. The molecule has 1 aromatic rings. The maximum atomic E-state index is 13.3. The fourth-order valence-electron chi connectivity index (χ4n) is 3.94. The van der Waals surface area contributed by atoms with E-state index in [0.29, 0.717) is 26.1 Å². The van der Waals surface area contributed by atoms with Crippen LogP contribution in [0.15, 0.2) is 24.3 Å². The van der Waals surface area contributed by atoms with Crippen LogP contribution >= 0.6 is 0 Å². The number of benzene rings is 1. The van der Waals surface area contributed by atoms with E-state index in [1.165, 1.54) is 12.1 Å². The second-order valence-electron chi connectivity index (χ2n) is 7.17. The van der Waals surface area contributed by atoms with Crippen molar-refractivity contribution in [1.82, 2.24) is 5.32 Å². The van der Waals surface area contributed by atoms with Crippen LogP contribution in [0.5, 0.6) is 0 Å². The summed E-state index contributed by atoms with van der Waals surface area (Å²) in [5.41, 5.74) is -0.666. The highest BCUT2D eigenvalue weighted by Gasteiger charge is 2.42. The normalized spacial score (nSPS) is 22.8. The summed E-state index contributed by atoms with van der Waals surface area (Å²) in [5.74, 6) is -0.394. The van der Waals surface area contributed by atoms with E-state index in [9.17, 15) is 14.3 Å². The van der Waals surface area contributed by atoms with Crippen molar-refractivity contribution in [2.45, 2.75) is 56.0 Å². The summed E-state index contributed by atoms with van der Waals surface area (Å²) in [6, 6.07) is 6.17. The van der Waals surface area contributed by atoms with Crippen molar-refractivity contribution in [2.75, 3.05) is 19.8 Å². The van der Waals surface area contributed by atoms with Gasteiger partial charge in [0.1, 0.15) is 5.82 Å². The Labute approximate surface area is 142 Å². The van der Waals surface area contributed by atoms with E-state index in [4.69, 9.17) is 4.74 Å². The zero-order chi connectivity index (χ0) is 17.0. The van der Waals surface area contributed by atoms with Gasteiger partial charge in [-0.15, -0.1) is 0 Å². The average molecular weight is 335 g/mol. The standard InChI is InChI=1S/C19H26FNO3/c20-16-6-4-15(5-7-16)19(10-12-24-13-11-19)17(22)21-14-18(23)8-2-1-3-9-18/h4-7,23H,1-3,8-14H2,(H,21,22). The highest BCUT2D eigenvalue weighted by Crippen LogP contribution is 2.36. The topological polar surface area (TPSA) is 58.6 Å². The van der Waals surface area contributed by atoms with E-state index in [0.717, 1.165) is 37.7 Å². The van der Waals surface area contributed by atoms with Crippen molar-refractivity contribution in [3.8, 4) is 0 Å². The van der Waals surface area contributed by atoms with Gasteiger partial charge < -0.3 is 15.2 Å². The van der Waals surface area contributed by atoms with Gasteiger partial charge in [-0.25, -0.2) is 4.39 Å². The van der Waals surface area contributed by atoms with Gasteiger partial charge in [0, 0.05) is 19.8 Å². The molecule has 0 bridgehead atoms. The lowest BCUT2D eigenvalue weighted by atomic mass is 9.73. The van der Waals surface area contributed by atoms with E-state index in [1.807, 2.05) is 0 Å². The number of rotatable bonds is 4. The molecule has 0 unspecified atom stereocenters. The number of carbonyl (C=O) groups is 1. The van der Waals surface area contributed by atoms with Gasteiger partial charge in [-0.2, -0.15) is 0 Å². The molecular formula is C19H26FNO3. The van der Waals surface area contributed by atoms with Crippen molar-refractivity contribution in [3.63, 3.8) is 0 Å². The van der Waals surface area contributed by atoms with Crippen LogP contribution in [0.3, 0.4) is 0 Å². The molecule has 1 heterocycles. The zero-order valence-electron chi connectivity index (χ0n) is 14.0. The number of halogens is 1. The third-order valence-corrected chi connectivity index (χ3v) is 5.54. The third kappa shape index (κ3) is 3.62. The molecule has 0 atom stereocenters. The predicted octanol–water partition coefficient (Wildman–Crippen LogP) is 2.69. The first-order valence-corrected chi connectivity index (χ1v) is 8.89. The second-order valence-corrected chi connectivity index (χ2v) is 7.17. The molecule has 0 aromatic heterocycles. The van der Waals surface area contributed by atoms with Gasteiger partial charge in [0.2, 0.25) is 5.91 Å². The summed E-state index contributed by atoms with van der Waals surface area (Å²) < 4.78 is 18.7. The number of hydrogen-bond acceptors (Lipinski definition) is 3. The molecule has 0 spiro atoms. The van der Waals surface area contributed by atoms with Gasteiger partial charge >= 0.3 is 0 Å². The summed E-state index contributed by atoms with van der Waals surface area (Å²) in [5, 5.41) is 13.6. The Balaban J connectivity index is 1.75. The summed E-state index contributed by atoms with van der Waals surface area (Å²) in [6.07, 6.45) is 5.77. The van der Waals surface area contributed by atoms with Gasteiger partial charge in [-0.3, -0.25) is 4.79 Å². The van der Waals surface area contributed by atoms with Crippen LogP contribution in [0, 0.1) is 5.82 Å². The number of carbonyl (C=O) groups excluding carboxylic acids is 1. The van der Waals surface area contributed by atoms with Crippen LogP contribution in [0.4, 0.5) is 4.39 Å². The molecule has 1 aromatic carbocycles. The molecule has 2 aliphatic rings. The van der Waals surface area contributed by atoms with Crippen LogP contribution in [0.2, 0.25) is 0 Å². The first-order valence-electron chi connectivity index (χ1n) is 8.89. The van der Waals surface area contributed by atoms with Gasteiger partial charge in [0.15, 0.2) is 0 Å². The van der Waals surface area contributed by atoms with Crippen LogP contribution in [-0.2, 0) is 14.9 Å². The van der Waals surface area contributed by atoms with Crippen molar-refractivity contribution in [1.29, 1.82) is 0 Å². The van der Waals surface area contributed by atoms with E-state index < -0.39 is 11.0 Å². The smallest absolute Gasteiger partial charge is 0.230 e. The zero-order valence-corrected chi connectivity index (χ0v) is 14.0. The number of hydrogen-bond donors (Lipinski definition) is 2. The Hall–Kier alpha value is -1.46. The molecule has 1 amide bonds. The highest BCUT2D eigenvalue weighted by atomic mass is 19.1.